The van der Waals surface area contributed by atoms with Crippen molar-refractivity contribution < 1.29 is 13.2 Å². The van der Waals surface area contributed by atoms with Crippen LogP contribution in [0.4, 0.5) is 0 Å². The zero-order valence-electron chi connectivity index (χ0n) is 8.03. The predicted molar refractivity (Wildman–Crippen MR) is 57.4 cm³/mol. The summed E-state index contributed by atoms with van der Waals surface area (Å²) in [6, 6.07) is 4.21. The van der Waals surface area contributed by atoms with Gasteiger partial charge in [0.05, 0.1) is 4.90 Å². The van der Waals surface area contributed by atoms with E-state index >= 15 is 0 Å². The number of carbonyl (C=O) groups is 1. The van der Waals surface area contributed by atoms with Crippen molar-refractivity contribution in [2.24, 2.45) is 5.73 Å². The zero-order valence-corrected chi connectivity index (χ0v) is 9.60. The Bertz CT molecular complexity index is 496. The number of aryl methyl sites for hydroxylation is 1. The van der Waals surface area contributed by atoms with Crippen LogP contribution in [0.15, 0.2) is 23.1 Å². The highest BCUT2D eigenvalue weighted by Crippen LogP contribution is 2.21. The fourth-order valence-electron chi connectivity index (χ4n) is 1.23. The van der Waals surface area contributed by atoms with E-state index in [0.29, 0.717) is 12.0 Å². The summed E-state index contributed by atoms with van der Waals surface area (Å²) in [5.74, 6) is -0.681. The molecule has 6 heteroatoms. The Morgan fingerprint density at radius 3 is 2.47 bits per heavy atom. The number of nitrogens with two attached hydrogens (primary N) is 1. The van der Waals surface area contributed by atoms with E-state index in [1.807, 2.05) is 0 Å². The summed E-state index contributed by atoms with van der Waals surface area (Å²) in [5.41, 5.74) is 5.74. The van der Waals surface area contributed by atoms with Gasteiger partial charge in [0, 0.05) is 16.2 Å². The monoisotopic (exact) mass is 247 g/mol. The lowest BCUT2D eigenvalue weighted by molar-refractivity contribution is 0.1000. The van der Waals surface area contributed by atoms with Crippen molar-refractivity contribution in [3.05, 3.63) is 29.3 Å². The maximum absolute atomic E-state index is 11.2. The van der Waals surface area contributed by atoms with Crippen molar-refractivity contribution in [1.82, 2.24) is 0 Å². The van der Waals surface area contributed by atoms with Crippen LogP contribution in [0, 0.1) is 0 Å². The Morgan fingerprint density at radius 2 is 2.07 bits per heavy atom. The molecule has 0 atom stereocenters. The molecule has 0 bridgehead atoms. The minimum Gasteiger partial charge on any atom is -0.366 e. The Morgan fingerprint density at radius 1 is 1.47 bits per heavy atom. The van der Waals surface area contributed by atoms with Gasteiger partial charge >= 0.3 is 0 Å². The molecule has 1 aromatic rings. The van der Waals surface area contributed by atoms with Crippen LogP contribution in [0.3, 0.4) is 0 Å². The Balaban J connectivity index is 3.46. The summed E-state index contributed by atoms with van der Waals surface area (Å²) in [4.78, 5) is 10.8. The zero-order chi connectivity index (χ0) is 11.6. The molecular formula is C9H10ClNO3S. The molecule has 1 rings (SSSR count). The summed E-state index contributed by atoms with van der Waals surface area (Å²) in [7, 11) is 1.40. The van der Waals surface area contributed by atoms with Gasteiger partial charge in [-0.1, -0.05) is 13.0 Å². The summed E-state index contributed by atoms with van der Waals surface area (Å²) < 4.78 is 22.4. The molecule has 0 aromatic heterocycles. The first-order valence-electron chi connectivity index (χ1n) is 4.23. The molecule has 0 spiro atoms. The molecule has 4 nitrogen and oxygen atoms in total. The van der Waals surface area contributed by atoms with E-state index in [1.165, 1.54) is 18.2 Å². The van der Waals surface area contributed by atoms with Gasteiger partial charge in [0.25, 0.3) is 9.05 Å². The Hall–Kier alpha value is -1.07. The number of amides is 1. The third kappa shape index (κ3) is 2.70. The standard InChI is InChI=1S/C9H10ClNO3S/c1-2-6-3-4-7(9(11)12)5-8(6)15(10,13)14/h3-5H,2H2,1H3,(H2,11,12). The summed E-state index contributed by atoms with van der Waals surface area (Å²) >= 11 is 0. The van der Waals surface area contributed by atoms with Crippen molar-refractivity contribution in [2.75, 3.05) is 0 Å². The summed E-state index contributed by atoms with van der Waals surface area (Å²) in [6.45, 7) is 1.80. The second-order valence-electron chi connectivity index (χ2n) is 2.98. The van der Waals surface area contributed by atoms with Crippen LogP contribution >= 0.6 is 10.7 Å². The van der Waals surface area contributed by atoms with Gasteiger partial charge in [-0.3, -0.25) is 4.79 Å². The van der Waals surface area contributed by atoms with E-state index in [-0.39, 0.29) is 10.5 Å². The fraction of sp³-hybridized carbons (Fsp3) is 0.222. The number of hydrogen-bond acceptors (Lipinski definition) is 3. The molecule has 1 aromatic carbocycles. The van der Waals surface area contributed by atoms with Crippen LogP contribution in [0.25, 0.3) is 0 Å². The van der Waals surface area contributed by atoms with Crippen LogP contribution in [-0.4, -0.2) is 14.3 Å². The van der Waals surface area contributed by atoms with Crippen LogP contribution in [-0.2, 0) is 15.5 Å². The van der Waals surface area contributed by atoms with Crippen LogP contribution < -0.4 is 5.73 Å². The summed E-state index contributed by atoms with van der Waals surface area (Å²) in [6.07, 6.45) is 0.514. The molecule has 0 saturated heterocycles. The van der Waals surface area contributed by atoms with Gasteiger partial charge in [-0.15, -0.1) is 0 Å². The van der Waals surface area contributed by atoms with Gasteiger partial charge in [-0.2, -0.15) is 0 Å². The van der Waals surface area contributed by atoms with Crippen LogP contribution in [0.2, 0.25) is 0 Å². The molecule has 15 heavy (non-hydrogen) atoms. The molecule has 0 saturated carbocycles. The first kappa shape index (κ1) is 12.0. The highest BCUT2D eigenvalue weighted by atomic mass is 35.7. The lowest BCUT2D eigenvalue weighted by Crippen LogP contribution is -2.12. The molecule has 0 aliphatic carbocycles. The number of carbonyl (C=O) groups excluding carboxylic acids is 1. The van der Waals surface area contributed by atoms with Gasteiger partial charge in [0.1, 0.15) is 0 Å². The van der Waals surface area contributed by atoms with E-state index < -0.39 is 15.0 Å². The van der Waals surface area contributed by atoms with Gasteiger partial charge in [0.2, 0.25) is 5.91 Å². The lowest BCUT2D eigenvalue weighted by atomic mass is 10.1. The van der Waals surface area contributed by atoms with Crippen molar-refractivity contribution in [1.29, 1.82) is 0 Å². The molecule has 0 heterocycles. The Labute approximate surface area is 92.5 Å². The number of halogens is 1. The average molecular weight is 248 g/mol. The third-order valence-corrected chi connectivity index (χ3v) is 3.40. The van der Waals surface area contributed by atoms with E-state index in [2.05, 4.69) is 0 Å². The minimum absolute atomic E-state index is 0.0528. The van der Waals surface area contributed by atoms with Crippen LogP contribution in [0.1, 0.15) is 22.8 Å². The normalized spacial score (nSPS) is 11.3. The smallest absolute Gasteiger partial charge is 0.261 e. The van der Waals surface area contributed by atoms with Crippen molar-refractivity contribution in [2.45, 2.75) is 18.2 Å². The number of benzene rings is 1. The maximum atomic E-state index is 11.2. The molecule has 0 aliphatic heterocycles. The SMILES string of the molecule is CCc1ccc(C(N)=O)cc1S(=O)(=O)Cl. The van der Waals surface area contributed by atoms with Gasteiger partial charge in [-0.25, -0.2) is 8.42 Å². The van der Waals surface area contributed by atoms with Crippen molar-refractivity contribution in [3.63, 3.8) is 0 Å². The molecule has 0 fully saturated rings. The first-order valence-corrected chi connectivity index (χ1v) is 6.54. The topological polar surface area (TPSA) is 77.2 Å². The summed E-state index contributed by atoms with van der Waals surface area (Å²) in [5, 5.41) is 0. The Kier molecular flexibility index (Phi) is 3.36. The number of primary amides is 1. The highest BCUT2D eigenvalue weighted by Gasteiger charge is 2.16. The van der Waals surface area contributed by atoms with Crippen molar-refractivity contribution >= 4 is 25.6 Å². The fourth-order valence-corrected chi connectivity index (χ4v) is 2.45. The molecule has 0 radical (unpaired) electrons. The van der Waals surface area contributed by atoms with E-state index in [1.54, 1.807) is 6.92 Å². The quantitative estimate of drug-likeness (QED) is 0.818. The van der Waals surface area contributed by atoms with Crippen LogP contribution in [0.5, 0.6) is 0 Å². The molecule has 2 N–H and O–H groups in total. The lowest BCUT2D eigenvalue weighted by Gasteiger charge is -2.05. The van der Waals surface area contributed by atoms with E-state index in [9.17, 15) is 13.2 Å². The largest absolute Gasteiger partial charge is 0.366 e. The van der Waals surface area contributed by atoms with Gasteiger partial charge < -0.3 is 5.73 Å². The molecule has 82 valence electrons. The number of rotatable bonds is 3. The van der Waals surface area contributed by atoms with Gasteiger partial charge in [0.15, 0.2) is 0 Å². The second kappa shape index (κ2) is 4.20. The highest BCUT2D eigenvalue weighted by molar-refractivity contribution is 8.13. The first-order chi connectivity index (χ1) is 6.86. The minimum atomic E-state index is -3.84. The van der Waals surface area contributed by atoms with E-state index in [4.69, 9.17) is 16.4 Å². The third-order valence-electron chi connectivity index (χ3n) is 2.00. The molecule has 1 amide bonds. The average Bonchev–Trinajstić information content (AvgIpc) is 2.15. The predicted octanol–water partition coefficient (Wildman–Crippen LogP) is 1.28. The van der Waals surface area contributed by atoms with Crippen molar-refractivity contribution in [3.8, 4) is 0 Å². The number of hydrogen-bond donors (Lipinski definition) is 1. The van der Waals surface area contributed by atoms with E-state index in [0.717, 1.165) is 0 Å². The molecule has 0 aliphatic rings. The van der Waals surface area contributed by atoms with Gasteiger partial charge in [-0.05, 0) is 24.1 Å². The second-order valence-corrected chi connectivity index (χ2v) is 5.51. The maximum Gasteiger partial charge on any atom is 0.261 e. The molecule has 0 unspecified atom stereocenters. The molecular weight excluding hydrogens is 238 g/mol.